The Bertz CT molecular complexity index is 350. The van der Waals surface area contributed by atoms with Crippen LogP contribution < -0.4 is 10.6 Å². The summed E-state index contributed by atoms with van der Waals surface area (Å²) in [6.45, 7) is 0. The molecule has 0 fully saturated rings. The standard InChI is InChI=1S/C9H13N3O2/c1-12(2)8-4-6(9(13)14-3)7(10)5-11-8/h4-5H,10H2,1-3H3. The minimum atomic E-state index is -0.451. The SMILES string of the molecule is COC(=O)c1cc(N(C)C)ncc1N. The molecule has 76 valence electrons. The topological polar surface area (TPSA) is 68.5 Å². The maximum Gasteiger partial charge on any atom is 0.340 e. The van der Waals surface area contributed by atoms with E-state index < -0.39 is 5.97 Å². The molecular formula is C9H13N3O2. The highest BCUT2D eigenvalue weighted by atomic mass is 16.5. The van der Waals surface area contributed by atoms with Crippen molar-refractivity contribution in [3.05, 3.63) is 17.8 Å². The summed E-state index contributed by atoms with van der Waals surface area (Å²) in [7, 11) is 4.98. The van der Waals surface area contributed by atoms with Gasteiger partial charge in [0, 0.05) is 14.1 Å². The number of methoxy groups -OCH3 is 1. The molecule has 14 heavy (non-hydrogen) atoms. The Labute approximate surface area is 82.5 Å². The van der Waals surface area contributed by atoms with Gasteiger partial charge in [-0.15, -0.1) is 0 Å². The maximum absolute atomic E-state index is 11.3. The highest BCUT2D eigenvalue weighted by Gasteiger charge is 2.11. The Morgan fingerprint density at radius 2 is 2.21 bits per heavy atom. The molecule has 0 radical (unpaired) electrons. The molecule has 2 N–H and O–H groups in total. The van der Waals surface area contributed by atoms with Crippen LogP contribution >= 0.6 is 0 Å². The van der Waals surface area contributed by atoms with E-state index in [1.54, 1.807) is 11.0 Å². The van der Waals surface area contributed by atoms with Gasteiger partial charge < -0.3 is 15.4 Å². The number of esters is 1. The minimum Gasteiger partial charge on any atom is -0.465 e. The van der Waals surface area contributed by atoms with Gasteiger partial charge in [-0.2, -0.15) is 0 Å². The highest BCUT2D eigenvalue weighted by molar-refractivity contribution is 5.95. The summed E-state index contributed by atoms with van der Waals surface area (Å²) in [4.78, 5) is 17.1. The van der Waals surface area contributed by atoms with Crippen molar-refractivity contribution in [3.8, 4) is 0 Å². The third kappa shape index (κ3) is 1.93. The third-order valence-electron chi connectivity index (χ3n) is 1.78. The van der Waals surface area contributed by atoms with Crippen LogP contribution in [0.15, 0.2) is 12.3 Å². The second-order valence-corrected chi connectivity index (χ2v) is 3.02. The highest BCUT2D eigenvalue weighted by Crippen LogP contribution is 2.17. The Balaban J connectivity index is 3.15. The molecule has 0 atom stereocenters. The summed E-state index contributed by atoms with van der Waals surface area (Å²) in [5.41, 5.74) is 6.25. The second kappa shape index (κ2) is 3.95. The molecule has 0 saturated heterocycles. The number of nitrogens with two attached hydrogens (primary N) is 1. The summed E-state index contributed by atoms with van der Waals surface area (Å²) in [6, 6.07) is 1.60. The van der Waals surface area contributed by atoms with Gasteiger partial charge in [-0.05, 0) is 6.07 Å². The fourth-order valence-electron chi connectivity index (χ4n) is 0.986. The van der Waals surface area contributed by atoms with Gasteiger partial charge in [-0.3, -0.25) is 0 Å². The normalized spacial score (nSPS) is 9.64. The Morgan fingerprint density at radius 1 is 1.57 bits per heavy atom. The van der Waals surface area contributed by atoms with Crippen molar-refractivity contribution < 1.29 is 9.53 Å². The van der Waals surface area contributed by atoms with E-state index in [0.717, 1.165) is 0 Å². The molecular weight excluding hydrogens is 182 g/mol. The first-order valence-electron chi connectivity index (χ1n) is 4.07. The lowest BCUT2D eigenvalue weighted by atomic mass is 10.2. The molecule has 0 aromatic carbocycles. The number of carbonyl (C=O) groups excluding carboxylic acids is 1. The largest absolute Gasteiger partial charge is 0.465 e. The molecule has 0 unspecified atom stereocenters. The molecule has 1 aromatic rings. The van der Waals surface area contributed by atoms with E-state index in [1.165, 1.54) is 13.3 Å². The number of anilines is 2. The van der Waals surface area contributed by atoms with Gasteiger partial charge in [0.05, 0.1) is 24.6 Å². The summed E-state index contributed by atoms with van der Waals surface area (Å²) in [5.74, 6) is 0.215. The van der Waals surface area contributed by atoms with Crippen LogP contribution in [0.4, 0.5) is 11.5 Å². The quantitative estimate of drug-likeness (QED) is 0.696. The number of hydrogen-bond acceptors (Lipinski definition) is 5. The molecule has 0 amide bonds. The first kappa shape index (κ1) is 10.3. The van der Waals surface area contributed by atoms with Crippen LogP contribution in [0.2, 0.25) is 0 Å². The van der Waals surface area contributed by atoms with Gasteiger partial charge in [0.1, 0.15) is 5.82 Å². The van der Waals surface area contributed by atoms with Crippen molar-refractivity contribution in [3.63, 3.8) is 0 Å². The van der Waals surface area contributed by atoms with Crippen LogP contribution in [-0.2, 0) is 4.74 Å². The van der Waals surface area contributed by atoms with E-state index in [-0.39, 0.29) is 0 Å². The maximum atomic E-state index is 11.3. The Hall–Kier alpha value is -1.78. The number of aromatic nitrogens is 1. The molecule has 1 rings (SSSR count). The number of rotatable bonds is 2. The number of hydrogen-bond donors (Lipinski definition) is 1. The zero-order chi connectivity index (χ0) is 10.7. The number of nitrogens with zero attached hydrogens (tertiary/aromatic N) is 2. The Morgan fingerprint density at radius 3 is 2.71 bits per heavy atom. The van der Waals surface area contributed by atoms with E-state index in [2.05, 4.69) is 9.72 Å². The first-order chi connectivity index (χ1) is 6.56. The molecule has 0 aliphatic rings. The zero-order valence-electron chi connectivity index (χ0n) is 8.44. The molecule has 1 heterocycles. The lowest BCUT2D eigenvalue weighted by Gasteiger charge is -2.12. The minimum absolute atomic E-state index is 0.322. The molecule has 1 aromatic heterocycles. The van der Waals surface area contributed by atoms with Crippen LogP contribution in [0.5, 0.6) is 0 Å². The van der Waals surface area contributed by atoms with E-state index >= 15 is 0 Å². The third-order valence-corrected chi connectivity index (χ3v) is 1.78. The predicted molar refractivity (Wildman–Crippen MR) is 54.3 cm³/mol. The van der Waals surface area contributed by atoms with E-state index in [9.17, 15) is 4.79 Å². The van der Waals surface area contributed by atoms with Crippen LogP contribution in [0.3, 0.4) is 0 Å². The van der Waals surface area contributed by atoms with E-state index in [0.29, 0.717) is 17.1 Å². The Kier molecular flexibility index (Phi) is 2.91. The smallest absolute Gasteiger partial charge is 0.340 e. The predicted octanol–water partition coefficient (Wildman–Crippen LogP) is 0.516. The summed E-state index contributed by atoms with van der Waals surface area (Å²) in [6.07, 6.45) is 1.45. The molecule has 0 saturated carbocycles. The zero-order valence-corrected chi connectivity index (χ0v) is 8.44. The van der Waals surface area contributed by atoms with Crippen LogP contribution in [0, 0.1) is 0 Å². The van der Waals surface area contributed by atoms with E-state index in [4.69, 9.17) is 5.73 Å². The van der Waals surface area contributed by atoms with Crippen molar-refractivity contribution in [2.75, 3.05) is 31.8 Å². The van der Waals surface area contributed by atoms with Gasteiger partial charge in [0.15, 0.2) is 0 Å². The number of carbonyl (C=O) groups is 1. The van der Waals surface area contributed by atoms with Crippen LogP contribution in [-0.4, -0.2) is 32.2 Å². The van der Waals surface area contributed by atoms with E-state index in [1.807, 2.05) is 14.1 Å². The van der Waals surface area contributed by atoms with Crippen molar-refractivity contribution in [1.82, 2.24) is 4.98 Å². The van der Waals surface area contributed by atoms with Gasteiger partial charge in [0.25, 0.3) is 0 Å². The first-order valence-corrected chi connectivity index (χ1v) is 4.07. The lowest BCUT2D eigenvalue weighted by Crippen LogP contribution is -2.13. The van der Waals surface area contributed by atoms with Crippen molar-refractivity contribution in [1.29, 1.82) is 0 Å². The van der Waals surface area contributed by atoms with Crippen LogP contribution in [0.25, 0.3) is 0 Å². The van der Waals surface area contributed by atoms with Gasteiger partial charge in [-0.25, -0.2) is 9.78 Å². The lowest BCUT2D eigenvalue weighted by molar-refractivity contribution is 0.0602. The van der Waals surface area contributed by atoms with Gasteiger partial charge in [0.2, 0.25) is 0 Å². The van der Waals surface area contributed by atoms with Crippen molar-refractivity contribution >= 4 is 17.5 Å². The average molecular weight is 195 g/mol. The number of ether oxygens (including phenoxy) is 1. The molecule has 5 nitrogen and oxygen atoms in total. The van der Waals surface area contributed by atoms with Gasteiger partial charge >= 0.3 is 5.97 Å². The molecule has 0 spiro atoms. The summed E-state index contributed by atoms with van der Waals surface area (Å²) in [5, 5.41) is 0. The molecule has 0 bridgehead atoms. The second-order valence-electron chi connectivity index (χ2n) is 3.02. The molecule has 0 aliphatic heterocycles. The monoisotopic (exact) mass is 195 g/mol. The van der Waals surface area contributed by atoms with Crippen LogP contribution in [0.1, 0.15) is 10.4 Å². The fourth-order valence-corrected chi connectivity index (χ4v) is 0.986. The molecule has 5 heteroatoms. The average Bonchev–Trinajstić information content (AvgIpc) is 2.17. The summed E-state index contributed by atoms with van der Waals surface area (Å²) < 4.78 is 4.59. The number of nitrogen functional groups attached to an aromatic ring is 1. The molecule has 0 aliphatic carbocycles. The number of pyridine rings is 1. The summed E-state index contributed by atoms with van der Waals surface area (Å²) >= 11 is 0. The van der Waals surface area contributed by atoms with Crippen molar-refractivity contribution in [2.45, 2.75) is 0 Å². The fraction of sp³-hybridized carbons (Fsp3) is 0.333. The van der Waals surface area contributed by atoms with Gasteiger partial charge in [-0.1, -0.05) is 0 Å². The van der Waals surface area contributed by atoms with Crippen molar-refractivity contribution in [2.24, 2.45) is 0 Å².